The zero-order chi connectivity index (χ0) is 14.8. The van der Waals surface area contributed by atoms with Crippen LogP contribution in [-0.4, -0.2) is 22.6 Å². The molecule has 0 radical (unpaired) electrons. The van der Waals surface area contributed by atoms with E-state index in [9.17, 15) is 9.18 Å². The zero-order valence-corrected chi connectivity index (χ0v) is 12.9. The number of benzene rings is 1. The molecule has 1 aromatic carbocycles. The van der Waals surface area contributed by atoms with Crippen LogP contribution in [0.15, 0.2) is 34.4 Å². The fourth-order valence-corrected chi connectivity index (χ4v) is 3.85. The van der Waals surface area contributed by atoms with Gasteiger partial charge in [-0.15, -0.1) is 0 Å². The van der Waals surface area contributed by atoms with Crippen LogP contribution in [0.5, 0.6) is 0 Å². The summed E-state index contributed by atoms with van der Waals surface area (Å²) in [5, 5.41) is 1.90. The van der Waals surface area contributed by atoms with Crippen molar-refractivity contribution in [2.75, 3.05) is 13.1 Å². The number of nitrogens with zero attached hydrogens (tertiary/aromatic N) is 2. The van der Waals surface area contributed by atoms with Crippen molar-refractivity contribution in [2.24, 2.45) is 0 Å². The van der Waals surface area contributed by atoms with E-state index in [-0.39, 0.29) is 16.7 Å². The van der Waals surface area contributed by atoms with Crippen molar-refractivity contribution in [1.82, 2.24) is 9.47 Å². The molecule has 0 saturated carbocycles. The SMILES string of the molecule is Cc1csc(=O)n1CCN1CCCC1c1cccc(F)c1. The van der Waals surface area contributed by atoms with E-state index in [0.29, 0.717) is 6.54 Å². The number of aryl methyl sites for hydroxylation is 1. The van der Waals surface area contributed by atoms with Gasteiger partial charge in [0, 0.05) is 30.2 Å². The van der Waals surface area contributed by atoms with Crippen molar-refractivity contribution in [3.8, 4) is 0 Å². The Balaban J connectivity index is 1.72. The molecule has 0 aliphatic carbocycles. The summed E-state index contributed by atoms with van der Waals surface area (Å²) in [6.07, 6.45) is 2.18. The van der Waals surface area contributed by atoms with E-state index in [2.05, 4.69) is 4.90 Å². The first-order valence-electron chi connectivity index (χ1n) is 7.29. The first-order valence-corrected chi connectivity index (χ1v) is 8.17. The summed E-state index contributed by atoms with van der Waals surface area (Å²) in [5.41, 5.74) is 2.06. The Morgan fingerprint density at radius 2 is 2.24 bits per heavy atom. The molecule has 1 fully saturated rings. The summed E-state index contributed by atoms with van der Waals surface area (Å²) in [6, 6.07) is 7.15. The molecule has 1 aromatic heterocycles. The molecule has 1 atom stereocenters. The average Bonchev–Trinajstić information content (AvgIpc) is 3.05. The molecular weight excluding hydrogens is 287 g/mol. The van der Waals surface area contributed by atoms with Gasteiger partial charge in [0.2, 0.25) is 0 Å². The monoisotopic (exact) mass is 306 g/mol. The van der Waals surface area contributed by atoms with Gasteiger partial charge in [-0.25, -0.2) is 4.39 Å². The van der Waals surface area contributed by atoms with Gasteiger partial charge in [-0.05, 0) is 44.0 Å². The lowest BCUT2D eigenvalue weighted by molar-refractivity contribution is 0.245. The lowest BCUT2D eigenvalue weighted by Gasteiger charge is -2.25. The summed E-state index contributed by atoms with van der Waals surface area (Å²) >= 11 is 1.25. The van der Waals surface area contributed by atoms with E-state index < -0.39 is 0 Å². The van der Waals surface area contributed by atoms with Crippen molar-refractivity contribution in [2.45, 2.75) is 32.4 Å². The van der Waals surface area contributed by atoms with Crippen LogP contribution in [0.1, 0.15) is 30.1 Å². The summed E-state index contributed by atoms with van der Waals surface area (Å²) in [7, 11) is 0. The summed E-state index contributed by atoms with van der Waals surface area (Å²) in [6.45, 7) is 4.52. The molecule has 2 heterocycles. The van der Waals surface area contributed by atoms with Crippen LogP contribution in [0.25, 0.3) is 0 Å². The second-order valence-electron chi connectivity index (χ2n) is 5.54. The van der Waals surface area contributed by atoms with E-state index in [1.807, 2.05) is 22.9 Å². The first kappa shape index (κ1) is 14.5. The molecule has 3 rings (SSSR count). The van der Waals surface area contributed by atoms with E-state index in [0.717, 1.165) is 37.2 Å². The Morgan fingerprint density at radius 3 is 2.95 bits per heavy atom. The number of likely N-dealkylation sites (tertiary alicyclic amines) is 1. The highest BCUT2D eigenvalue weighted by Crippen LogP contribution is 2.31. The van der Waals surface area contributed by atoms with Crippen molar-refractivity contribution in [1.29, 1.82) is 0 Å². The second kappa shape index (κ2) is 6.12. The maximum atomic E-state index is 13.4. The average molecular weight is 306 g/mol. The number of hydrogen-bond donors (Lipinski definition) is 0. The van der Waals surface area contributed by atoms with E-state index in [1.165, 1.54) is 17.4 Å². The quantitative estimate of drug-likeness (QED) is 0.867. The van der Waals surface area contributed by atoms with Crippen LogP contribution in [0, 0.1) is 12.7 Å². The Bertz CT molecular complexity index is 679. The molecule has 0 bridgehead atoms. The molecule has 3 nitrogen and oxygen atoms in total. The zero-order valence-electron chi connectivity index (χ0n) is 12.1. The minimum Gasteiger partial charge on any atom is -0.302 e. The van der Waals surface area contributed by atoms with Crippen LogP contribution in [-0.2, 0) is 6.54 Å². The molecule has 0 N–H and O–H groups in total. The molecule has 0 amide bonds. The number of hydrogen-bond acceptors (Lipinski definition) is 3. The molecule has 0 spiro atoms. The van der Waals surface area contributed by atoms with Crippen LogP contribution in [0.4, 0.5) is 4.39 Å². The van der Waals surface area contributed by atoms with Gasteiger partial charge in [0.1, 0.15) is 5.82 Å². The minimum absolute atomic E-state index is 0.106. The Morgan fingerprint density at radius 1 is 1.38 bits per heavy atom. The lowest BCUT2D eigenvalue weighted by Crippen LogP contribution is -2.29. The number of aromatic nitrogens is 1. The van der Waals surface area contributed by atoms with Crippen molar-refractivity contribution in [3.05, 3.63) is 56.4 Å². The Hall–Kier alpha value is -1.46. The Kier molecular flexibility index (Phi) is 4.22. The van der Waals surface area contributed by atoms with Gasteiger partial charge < -0.3 is 4.57 Å². The van der Waals surface area contributed by atoms with Crippen LogP contribution < -0.4 is 4.87 Å². The molecule has 5 heteroatoms. The predicted molar refractivity (Wildman–Crippen MR) is 83.3 cm³/mol. The normalized spacial score (nSPS) is 19.2. The van der Waals surface area contributed by atoms with Gasteiger partial charge in [0.25, 0.3) is 0 Å². The third-order valence-corrected chi connectivity index (χ3v) is 5.07. The Labute approximate surface area is 127 Å². The van der Waals surface area contributed by atoms with Crippen molar-refractivity contribution < 1.29 is 4.39 Å². The lowest BCUT2D eigenvalue weighted by atomic mass is 10.0. The molecule has 1 aliphatic rings. The smallest absolute Gasteiger partial charge is 0.302 e. The van der Waals surface area contributed by atoms with E-state index in [1.54, 1.807) is 12.1 Å². The van der Waals surface area contributed by atoms with Gasteiger partial charge in [-0.3, -0.25) is 9.69 Å². The third kappa shape index (κ3) is 3.09. The highest BCUT2D eigenvalue weighted by Gasteiger charge is 2.26. The minimum atomic E-state index is -0.177. The van der Waals surface area contributed by atoms with E-state index >= 15 is 0 Å². The van der Waals surface area contributed by atoms with Gasteiger partial charge >= 0.3 is 4.87 Å². The molecule has 1 unspecified atom stereocenters. The van der Waals surface area contributed by atoms with Gasteiger partial charge in [0.15, 0.2) is 0 Å². The summed E-state index contributed by atoms with van der Waals surface area (Å²) in [4.78, 5) is 14.2. The van der Waals surface area contributed by atoms with Crippen molar-refractivity contribution >= 4 is 11.3 Å². The summed E-state index contributed by atoms with van der Waals surface area (Å²) in [5.74, 6) is -0.177. The van der Waals surface area contributed by atoms with Crippen LogP contribution in [0.2, 0.25) is 0 Å². The van der Waals surface area contributed by atoms with Gasteiger partial charge in [-0.2, -0.15) is 0 Å². The highest BCUT2D eigenvalue weighted by molar-refractivity contribution is 7.07. The van der Waals surface area contributed by atoms with E-state index in [4.69, 9.17) is 0 Å². The molecule has 1 aliphatic heterocycles. The topological polar surface area (TPSA) is 25.2 Å². The maximum Gasteiger partial charge on any atom is 0.307 e. The van der Waals surface area contributed by atoms with Gasteiger partial charge in [-0.1, -0.05) is 23.5 Å². The number of rotatable bonds is 4. The second-order valence-corrected chi connectivity index (χ2v) is 6.36. The number of halogens is 1. The first-order chi connectivity index (χ1) is 10.1. The number of thiazole rings is 1. The molecule has 1 saturated heterocycles. The van der Waals surface area contributed by atoms with Crippen molar-refractivity contribution in [3.63, 3.8) is 0 Å². The molecular formula is C16H19FN2OS. The predicted octanol–water partition coefficient (Wildman–Crippen LogP) is 3.19. The molecule has 112 valence electrons. The maximum absolute atomic E-state index is 13.4. The molecule has 21 heavy (non-hydrogen) atoms. The highest BCUT2D eigenvalue weighted by atomic mass is 32.1. The fourth-order valence-electron chi connectivity index (χ4n) is 3.09. The standard InChI is InChI=1S/C16H19FN2OS/c1-12-11-21-16(20)19(12)9-8-18-7-3-6-15(18)13-4-2-5-14(17)10-13/h2,4-5,10-11,15H,3,6-9H2,1H3. The van der Waals surface area contributed by atoms with Gasteiger partial charge in [0.05, 0.1) is 0 Å². The largest absolute Gasteiger partial charge is 0.307 e. The fraction of sp³-hybridized carbons (Fsp3) is 0.438. The van der Waals surface area contributed by atoms with Crippen LogP contribution in [0.3, 0.4) is 0 Å². The third-order valence-electron chi connectivity index (χ3n) is 4.18. The molecule has 2 aromatic rings. The van der Waals surface area contributed by atoms with Crippen LogP contribution >= 0.6 is 11.3 Å². The summed E-state index contributed by atoms with van der Waals surface area (Å²) < 4.78 is 15.2.